The molecular weight excluding hydrogens is 555 g/mol. The van der Waals surface area contributed by atoms with E-state index in [4.69, 9.17) is 43.1 Å². The number of hydrogen-bond donors (Lipinski definition) is 2. The molecule has 0 spiro atoms. The summed E-state index contributed by atoms with van der Waals surface area (Å²) in [5.74, 6) is -2.62. The Morgan fingerprint density at radius 2 is 1.62 bits per heavy atom. The number of amides is 1. The van der Waals surface area contributed by atoms with Crippen LogP contribution in [-0.4, -0.2) is 66.1 Å². The van der Waals surface area contributed by atoms with Gasteiger partial charge in [-0.05, 0) is 57.4 Å². The monoisotopic (exact) mass is 592 g/mol. The molecule has 218 valence electrons. The van der Waals surface area contributed by atoms with Gasteiger partial charge in [-0.15, -0.1) is 23.2 Å². The number of alkyl halides is 2. The molecule has 3 rings (SSSR count). The van der Waals surface area contributed by atoms with Gasteiger partial charge in [0.1, 0.15) is 12.1 Å². The number of halogens is 2. The highest BCUT2D eigenvalue weighted by atomic mass is 35.5. The molecule has 0 radical (unpaired) electrons. The van der Waals surface area contributed by atoms with Gasteiger partial charge in [0.25, 0.3) is 0 Å². The highest BCUT2D eigenvalue weighted by Crippen LogP contribution is 2.37. The first-order valence-electron chi connectivity index (χ1n) is 13.6. The minimum absolute atomic E-state index is 0.127. The fourth-order valence-corrected chi connectivity index (χ4v) is 5.56. The third-order valence-corrected chi connectivity index (χ3v) is 7.52. The largest absolute Gasteiger partial charge is 0.461 e. The fourth-order valence-electron chi connectivity index (χ4n) is 4.59. The SMILES string of the molecule is CC(C)OC(=O)[C@H](Cc1ccccc1)NC(=O)C1CC(Cl)C(OCCCCN)C(Cl)C1OC(=O)c1ccccc1. The van der Waals surface area contributed by atoms with Crippen LogP contribution in [0.5, 0.6) is 0 Å². The molecule has 40 heavy (non-hydrogen) atoms. The maximum atomic E-state index is 13.7. The molecule has 1 fully saturated rings. The molecule has 0 saturated heterocycles. The first-order chi connectivity index (χ1) is 19.2. The van der Waals surface area contributed by atoms with E-state index in [2.05, 4.69) is 5.32 Å². The molecule has 3 N–H and O–H groups in total. The number of hydrogen-bond acceptors (Lipinski definition) is 7. The number of carbonyl (C=O) groups excluding carboxylic acids is 3. The second kappa shape index (κ2) is 16.0. The van der Waals surface area contributed by atoms with Crippen LogP contribution in [-0.2, 0) is 30.2 Å². The lowest BCUT2D eigenvalue weighted by Gasteiger charge is -2.41. The van der Waals surface area contributed by atoms with Crippen molar-refractivity contribution >= 4 is 41.0 Å². The first kappa shape index (κ1) is 31.9. The Morgan fingerprint density at radius 3 is 2.25 bits per heavy atom. The fraction of sp³-hybridized carbons (Fsp3) is 0.500. The van der Waals surface area contributed by atoms with E-state index in [1.54, 1.807) is 44.2 Å². The summed E-state index contributed by atoms with van der Waals surface area (Å²) in [6.45, 7) is 4.39. The maximum Gasteiger partial charge on any atom is 0.338 e. The zero-order chi connectivity index (χ0) is 29.1. The normalized spacial score (nSPS) is 23.3. The molecule has 0 bridgehead atoms. The Kier molecular flexibility index (Phi) is 12.7. The molecule has 2 aromatic rings. The highest BCUT2D eigenvalue weighted by molar-refractivity contribution is 6.25. The standard InChI is InChI=1S/C30H38Cl2N2O6/c1-19(2)39-30(37)24(17-20-11-5-3-6-12-20)34-28(35)22-18-23(31)27(38-16-10-9-15-33)25(32)26(22)40-29(36)21-13-7-4-8-14-21/h3-8,11-14,19,22-27H,9-10,15-18,33H2,1-2H3,(H,34,35)/t22?,23?,24-,25?,26?,27?/m0/s1. The summed E-state index contributed by atoms with van der Waals surface area (Å²) >= 11 is 13.5. The minimum Gasteiger partial charge on any atom is -0.461 e. The van der Waals surface area contributed by atoms with Gasteiger partial charge in [0, 0.05) is 13.0 Å². The average Bonchev–Trinajstić information content (AvgIpc) is 2.94. The third-order valence-electron chi connectivity index (χ3n) is 6.59. The lowest BCUT2D eigenvalue weighted by Crippen LogP contribution is -2.57. The van der Waals surface area contributed by atoms with E-state index in [9.17, 15) is 14.4 Å². The number of ether oxygens (including phenoxy) is 3. The van der Waals surface area contributed by atoms with Crippen molar-refractivity contribution in [1.82, 2.24) is 5.32 Å². The minimum atomic E-state index is -1.05. The van der Waals surface area contributed by atoms with Crippen LogP contribution in [0.15, 0.2) is 60.7 Å². The van der Waals surface area contributed by atoms with Crippen molar-refractivity contribution in [3.05, 3.63) is 71.8 Å². The van der Waals surface area contributed by atoms with Gasteiger partial charge in [-0.3, -0.25) is 4.79 Å². The number of esters is 2. The van der Waals surface area contributed by atoms with Crippen molar-refractivity contribution in [3.63, 3.8) is 0 Å². The first-order valence-corrected chi connectivity index (χ1v) is 14.5. The predicted molar refractivity (Wildman–Crippen MR) is 154 cm³/mol. The van der Waals surface area contributed by atoms with Gasteiger partial charge in [0.15, 0.2) is 0 Å². The predicted octanol–water partition coefficient (Wildman–Crippen LogP) is 4.25. The van der Waals surface area contributed by atoms with Crippen molar-refractivity contribution in [2.75, 3.05) is 13.2 Å². The highest BCUT2D eigenvalue weighted by Gasteiger charge is 2.49. The van der Waals surface area contributed by atoms with E-state index in [0.29, 0.717) is 18.7 Å². The second-order valence-electron chi connectivity index (χ2n) is 10.1. The molecule has 5 unspecified atom stereocenters. The average molecular weight is 594 g/mol. The van der Waals surface area contributed by atoms with Crippen LogP contribution < -0.4 is 11.1 Å². The molecule has 8 nitrogen and oxygen atoms in total. The summed E-state index contributed by atoms with van der Waals surface area (Å²) in [6, 6.07) is 16.8. The van der Waals surface area contributed by atoms with Crippen molar-refractivity contribution in [2.45, 2.75) is 74.6 Å². The molecule has 1 saturated carbocycles. The molecule has 1 aliphatic rings. The van der Waals surface area contributed by atoms with Crippen LogP contribution >= 0.6 is 23.2 Å². The van der Waals surface area contributed by atoms with Gasteiger partial charge in [-0.1, -0.05) is 48.5 Å². The Labute approximate surface area is 245 Å². The van der Waals surface area contributed by atoms with E-state index in [1.807, 2.05) is 30.3 Å². The number of nitrogens with two attached hydrogens (primary N) is 1. The van der Waals surface area contributed by atoms with E-state index in [-0.39, 0.29) is 18.9 Å². The number of carbonyl (C=O) groups is 3. The molecule has 1 aliphatic carbocycles. The Balaban J connectivity index is 1.83. The van der Waals surface area contributed by atoms with Crippen LogP contribution in [0.2, 0.25) is 0 Å². The van der Waals surface area contributed by atoms with Gasteiger partial charge < -0.3 is 25.3 Å². The summed E-state index contributed by atoms with van der Waals surface area (Å²) in [7, 11) is 0. The Bertz CT molecular complexity index is 1090. The van der Waals surface area contributed by atoms with Crippen molar-refractivity contribution < 1.29 is 28.6 Å². The summed E-state index contributed by atoms with van der Waals surface area (Å²) < 4.78 is 17.3. The smallest absolute Gasteiger partial charge is 0.338 e. The molecule has 2 aromatic carbocycles. The zero-order valence-electron chi connectivity index (χ0n) is 22.8. The summed E-state index contributed by atoms with van der Waals surface area (Å²) in [5, 5.41) is 1.29. The van der Waals surface area contributed by atoms with Crippen molar-refractivity contribution in [3.8, 4) is 0 Å². The van der Waals surface area contributed by atoms with Gasteiger partial charge >= 0.3 is 11.9 Å². The topological polar surface area (TPSA) is 117 Å². The van der Waals surface area contributed by atoms with E-state index >= 15 is 0 Å². The van der Waals surface area contributed by atoms with Crippen LogP contribution in [0.25, 0.3) is 0 Å². The summed E-state index contributed by atoms with van der Waals surface area (Å²) in [6.07, 6.45) is -0.235. The lowest BCUT2D eigenvalue weighted by atomic mass is 9.82. The van der Waals surface area contributed by atoms with Gasteiger partial charge in [0.2, 0.25) is 5.91 Å². The lowest BCUT2D eigenvalue weighted by molar-refractivity contribution is -0.152. The Morgan fingerprint density at radius 1 is 0.975 bits per heavy atom. The van der Waals surface area contributed by atoms with Crippen LogP contribution in [0, 0.1) is 5.92 Å². The van der Waals surface area contributed by atoms with Crippen LogP contribution in [0.1, 0.15) is 49.0 Å². The molecular formula is C30H38Cl2N2O6. The summed E-state index contributed by atoms with van der Waals surface area (Å²) in [4.78, 5) is 39.7. The van der Waals surface area contributed by atoms with E-state index in [1.165, 1.54) is 0 Å². The number of rotatable bonds is 13. The Hall–Kier alpha value is -2.65. The molecule has 0 heterocycles. The van der Waals surface area contributed by atoms with Crippen LogP contribution in [0.4, 0.5) is 0 Å². The van der Waals surface area contributed by atoms with Crippen molar-refractivity contribution in [2.24, 2.45) is 11.7 Å². The number of benzene rings is 2. The molecule has 0 aromatic heterocycles. The zero-order valence-corrected chi connectivity index (χ0v) is 24.4. The number of nitrogens with one attached hydrogen (secondary N) is 1. The third kappa shape index (κ3) is 9.20. The molecule has 10 heteroatoms. The quantitative estimate of drug-likeness (QED) is 0.203. The molecule has 6 atom stereocenters. The number of unbranched alkanes of at least 4 members (excludes halogenated alkanes) is 1. The van der Waals surface area contributed by atoms with E-state index in [0.717, 1.165) is 18.4 Å². The van der Waals surface area contributed by atoms with Gasteiger partial charge in [0.05, 0.1) is 34.4 Å². The second-order valence-corrected chi connectivity index (χ2v) is 11.2. The van der Waals surface area contributed by atoms with E-state index < -0.39 is 52.8 Å². The molecule has 1 amide bonds. The van der Waals surface area contributed by atoms with Crippen molar-refractivity contribution in [1.29, 1.82) is 0 Å². The summed E-state index contributed by atoms with van der Waals surface area (Å²) in [5.41, 5.74) is 6.75. The van der Waals surface area contributed by atoms with Gasteiger partial charge in [-0.2, -0.15) is 0 Å². The van der Waals surface area contributed by atoms with Crippen LogP contribution in [0.3, 0.4) is 0 Å². The van der Waals surface area contributed by atoms with Gasteiger partial charge in [-0.25, -0.2) is 9.59 Å². The molecule has 0 aliphatic heterocycles. The maximum absolute atomic E-state index is 13.7.